The fraction of sp³-hybridized carbons (Fsp3) is 0.346. The minimum absolute atomic E-state index is 0.0450. The van der Waals surface area contributed by atoms with E-state index in [4.69, 9.17) is 10.7 Å². The molecule has 3 N–H and O–H groups in total. The zero-order chi connectivity index (χ0) is 29.3. The number of fused-ring (bicyclic) bond motifs is 3. The number of aryl methyl sites for hydroxylation is 1. The highest BCUT2D eigenvalue weighted by Gasteiger charge is 2.46. The highest BCUT2D eigenvalue weighted by molar-refractivity contribution is 7.91. The summed E-state index contributed by atoms with van der Waals surface area (Å²) in [6.45, 7) is 0. The molecule has 7 rings (SSSR count). The Bertz CT molecular complexity index is 1950. The summed E-state index contributed by atoms with van der Waals surface area (Å²) in [5.74, 6) is -0.351. The number of aromatic nitrogens is 9. The normalized spacial score (nSPS) is 20.4. The lowest BCUT2D eigenvalue weighted by atomic mass is 9.87. The van der Waals surface area contributed by atoms with E-state index in [-0.39, 0.29) is 40.4 Å². The zero-order valence-electron chi connectivity index (χ0n) is 22.7. The van der Waals surface area contributed by atoms with Crippen molar-refractivity contribution in [2.24, 2.45) is 7.05 Å². The van der Waals surface area contributed by atoms with E-state index in [1.807, 2.05) is 4.90 Å². The summed E-state index contributed by atoms with van der Waals surface area (Å²) in [6.07, 6.45) is 9.77. The van der Waals surface area contributed by atoms with Gasteiger partial charge in [-0.3, -0.25) is 9.48 Å². The number of nitrogens with zero attached hydrogens (tertiary/aromatic N) is 9. The minimum atomic E-state index is -3.80. The third-order valence-corrected chi connectivity index (χ3v) is 9.37. The lowest BCUT2D eigenvalue weighted by Gasteiger charge is -2.38. The van der Waals surface area contributed by atoms with Gasteiger partial charge in [-0.05, 0) is 37.8 Å². The van der Waals surface area contributed by atoms with Crippen molar-refractivity contribution in [1.82, 2.24) is 44.5 Å². The number of carbonyl (C=O) groups excluding carboxylic acids is 1. The highest BCUT2D eigenvalue weighted by atomic mass is 32.2. The van der Waals surface area contributed by atoms with E-state index >= 15 is 0 Å². The van der Waals surface area contributed by atoms with Crippen LogP contribution < -0.4 is 10.5 Å². The molecule has 2 fully saturated rings. The number of nitrogen functional groups attached to an aromatic ring is 1. The van der Waals surface area contributed by atoms with Gasteiger partial charge in [0.25, 0.3) is 5.91 Å². The van der Waals surface area contributed by atoms with E-state index < -0.39 is 9.84 Å². The fourth-order valence-corrected chi connectivity index (χ4v) is 7.49. The van der Waals surface area contributed by atoms with Crippen molar-refractivity contribution in [3.63, 3.8) is 0 Å². The second-order valence-corrected chi connectivity index (χ2v) is 12.8. The van der Waals surface area contributed by atoms with Crippen LogP contribution in [0.5, 0.6) is 0 Å². The van der Waals surface area contributed by atoms with Gasteiger partial charge in [0.2, 0.25) is 11.5 Å². The molecule has 0 saturated carbocycles. The van der Waals surface area contributed by atoms with Gasteiger partial charge in [0.05, 0.1) is 23.0 Å². The number of nitrogens with one attached hydrogen (secondary N) is 1. The molecule has 7 heterocycles. The van der Waals surface area contributed by atoms with Crippen molar-refractivity contribution in [3.8, 4) is 22.5 Å². The number of sulfone groups is 1. The lowest BCUT2D eigenvalue weighted by Crippen LogP contribution is -2.46. The van der Waals surface area contributed by atoms with Crippen LogP contribution in [0.2, 0.25) is 0 Å². The molecule has 2 aliphatic rings. The first-order valence-electron chi connectivity index (χ1n) is 13.4. The molecule has 1 unspecified atom stereocenters. The molecule has 2 bridgehead atoms. The first-order chi connectivity index (χ1) is 20.1. The van der Waals surface area contributed by atoms with E-state index in [2.05, 4.69) is 25.4 Å². The Morgan fingerprint density at radius 3 is 2.57 bits per heavy atom. The summed E-state index contributed by atoms with van der Waals surface area (Å²) >= 11 is 0. The molecule has 2 aliphatic heterocycles. The Kier molecular flexibility index (Phi) is 5.79. The van der Waals surface area contributed by atoms with Crippen LogP contribution in [-0.2, 0) is 16.9 Å². The Morgan fingerprint density at radius 2 is 1.95 bits per heavy atom. The van der Waals surface area contributed by atoms with Crippen LogP contribution in [0.4, 0.5) is 5.82 Å². The lowest BCUT2D eigenvalue weighted by molar-refractivity contribution is -0.593. The van der Waals surface area contributed by atoms with Crippen LogP contribution in [0.3, 0.4) is 0 Å². The van der Waals surface area contributed by atoms with Crippen molar-refractivity contribution in [2.75, 3.05) is 12.0 Å². The second kappa shape index (κ2) is 9.34. The van der Waals surface area contributed by atoms with Crippen LogP contribution >= 0.6 is 0 Å². The number of aromatic amines is 1. The summed E-state index contributed by atoms with van der Waals surface area (Å²) in [7, 11) is -2.02. The topological polar surface area (TPSA) is 197 Å². The molecule has 0 aliphatic carbocycles. The van der Waals surface area contributed by atoms with Gasteiger partial charge in [0.1, 0.15) is 17.0 Å². The predicted molar refractivity (Wildman–Crippen MR) is 148 cm³/mol. The van der Waals surface area contributed by atoms with Gasteiger partial charge < -0.3 is 20.8 Å². The van der Waals surface area contributed by atoms with E-state index in [0.717, 1.165) is 23.8 Å². The van der Waals surface area contributed by atoms with Crippen molar-refractivity contribution in [1.29, 1.82) is 0 Å². The van der Waals surface area contributed by atoms with Gasteiger partial charge in [0, 0.05) is 43.6 Å². The van der Waals surface area contributed by atoms with Crippen molar-refractivity contribution in [3.05, 3.63) is 59.8 Å². The largest absolute Gasteiger partial charge is 0.618 e. The highest BCUT2D eigenvalue weighted by Crippen LogP contribution is 2.45. The number of piperidine rings is 1. The first-order valence-corrected chi connectivity index (χ1v) is 15.3. The van der Waals surface area contributed by atoms with Crippen molar-refractivity contribution >= 4 is 27.2 Å². The molecular weight excluding hydrogens is 562 g/mol. The summed E-state index contributed by atoms with van der Waals surface area (Å²) in [5.41, 5.74) is 9.16. The van der Waals surface area contributed by atoms with Crippen molar-refractivity contribution in [2.45, 2.75) is 48.6 Å². The molecule has 16 heteroatoms. The Hall–Kier alpha value is -4.86. The number of nitrogens with two attached hydrogens (primary N) is 1. The minimum Gasteiger partial charge on any atom is -0.618 e. The average Bonchev–Trinajstić information content (AvgIpc) is 3.74. The Balaban J connectivity index is 1.30. The SMILES string of the molecule is Cn1ccc(-c2ccc(-c3cnn4c(N)c(S(C)(=O)=O)c(C5C[C@H]6CC[C@@H](C5)N6C(=O)c5nnc[nH]5)nc34)c[n+]2[O-])n1. The van der Waals surface area contributed by atoms with Crippen LogP contribution in [0.25, 0.3) is 28.2 Å². The molecule has 0 aromatic carbocycles. The maximum absolute atomic E-state index is 13.1. The van der Waals surface area contributed by atoms with Gasteiger partial charge in [-0.25, -0.2) is 13.4 Å². The van der Waals surface area contributed by atoms with Crippen LogP contribution in [0, 0.1) is 5.21 Å². The standard InChI is InChI=1S/C26H27N11O4S/c1-34-8-7-19(33-34)20-6-3-14(12-35(20)39)18-11-30-37-23(27)22(42(2,40)41)21(31-25(18)37)15-9-16-4-5-17(10-15)36(16)26(38)24-28-13-29-32-24/h3,6-8,11-13,15-17H,4-5,9-10,27H2,1-2H3,(H,28,29,32)/t15?,16-,17+. The molecule has 0 spiro atoms. The molecule has 0 radical (unpaired) electrons. The molecule has 1 amide bonds. The Labute approximate surface area is 239 Å². The number of pyridine rings is 1. The number of hydrogen-bond acceptors (Lipinski definition) is 10. The third kappa shape index (κ3) is 4.08. The number of hydrogen-bond donors (Lipinski definition) is 2. The molecule has 2 saturated heterocycles. The fourth-order valence-electron chi connectivity index (χ4n) is 6.43. The van der Waals surface area contributed by atoms with Crippen molar-refractivity contribution < 1.29 is 17.9 Å². The van der Waals surface area contributed by atoms with Crippen LogP contribution in [0.15, 0.2) is 48.0 Å². The van der Waals surface area contributed by atoms with E-state index in [1.54, 1.807) is 36.1 Å². The molecule has 42 heavy (non-hydrogen) atoms. The maximum atomic E-state index is 13.1. The quantitative estimate of drug-likeness (QED) is 0.221. The zero-order valence-corrected chi connectivity index (χ0v) is 23.6. The first kappa shape index (κ1) is 26.1. The Morgan fingerprint density at radius 1 is 1.19 bits per heavy atom. The van der Waals surface area contributed by atoms with Gasteiger partial charge in [-0.1, -0.05) is 0 Å². The second-order valence-electron chi connectivity index (χ2n) is 10.9. The van der Waals surface area contributed by atoms with Gasteiger partial charge in [-0.15, -0.1) is 10.2 Å². The van der Waals surface area contributed by atoms with E-state index in [0.29, 0.717) is 46.7 Å². The third-order valence-electron chi connectivity index (χ3n) is 8.21. The van der Waals surface area contributed by atoms with Crippen LogP contribution in [-0.4, -0.2) is 77.1 Å². The molecule has 5 aromatic rings. The summed E-state index contributed by atoms with van der Waals surface area (Å²) < 4.78 is 29.8. The number of carbonyl (C=O) groups is 1. The monoisotopic (exact) mass is 589 g/mol. The number of amides is 1. The van der Waals surface area contributed by atoms with E-state index in [1.165, 1.54) is 23.2 Å². The van der Waals surface area contributed by atoms with Crippen LogP contribution in [0.1, 0.15) is 47.9 Å². The van der Waals surface area contributed by atoms with Gasteiger partial charge in [0.15, 0.2) is 27.4 Å². The van der Waals surface area contributed by atoms with E-state index in [9.17, 15) is 18.4 Å². The molecule has 5 aromatic heterocycles. The maximum Gasteiger partial charge on any atom is 0.292 e. The summed E-state index contributed by atoms with van der Waals surface area (Å²) in [5, 5.41) is 29.2. The number of rotatable bonds is 5. The predicted octanol–water partition coefficient (Wildman–Crippen LogP) is 1.08. The van der Waals surface area contributed by atoms with Gasteiger partial charge >= 0.3 is 0 Å². The number of H-pyrrole nitrogens is 1. The smallest absolute Gasteiger partial charge is 0.292 e. The summed E-state index contributed by atoms with van der Waals surface area (Å²) in [4.78, 5) is 22.6. The molecule has 3 atom stereocenters. The average molecular weight is 590 g/mol. The summed E-state index contributed by atoms with van der Waals surface area (Å²) in [6, 6.07) is 4.97. The number of anilines is 1. The molecule has 15 nitrogen and oxygen atoms in total. The van der Waals surface area contributed by atoms with Gasteiger partial charge in [-0.2, -0.15) is 19.4 Å². The molecule has 216 valence electrons. The molecular formula is C26H27N11O4S.